The van der Waals surface area contributed by atoms with Gasteiger partial charge in [-0.25, -0.2) is 4.79 Å². The number of hydrogen-bond acceptors (Lipinski definition) is 3. The average molecular weight is 475 g/mol. The molecule has 0 saturated heterocycles. The quantitative estimate of drug-likeness (QED) is 0.231. The van der Waals surface area contributed by atoms with E-state index in [1.54, 1.807) is 13.0 Å². The van der Waals surface area contributed by atoms with E-state index in [1.165, 1.54) is 11.1 Å². The molecule has 34 heavy (non-hydrogen) atoms. The number of carbonyl (C=O) groups is 1. The fraction of sp³-hybridized carbons (Fsp3) is 0.767. The van der Waals surface area contributed by atoms with Crippen LogP contribution in [0.5, 0.6) is 0 Å². The first-order valence-corrected chi connectivity index (χ1v) is 13.3. The molecule has 0 aliphatic heterocycles. The second kappa shape index (κ2) is 11.6. The van der Waals surface area contributed by atoms with Gasteiger partial charge in [0.25, 0.3) is 0 Å². The second-order valence-electron chi connectivity index (χ2n) is 12.3. The summed E-state index contributed by atoms with van der Waals surface area (Å²) < 4.78 is 0. The first kappa shape index (κ1) is 28.8. The maximum atomic E-state index is 11.4. The molecule has 0 spiro atoms. The first-order chi connectivity index (χ1) is 15.7. The van der Waals surface area contributed by atoms with Crippen LogP contribution in [0.25, 0.3) is 0 Å². The molecule has 0 bridgehead atoms. The zero-order valence-electron chi connectivity index (χ0n) is 22.8. The van der Waals surface area contributed by atoms with Crippen LogP contribution in [-0.2, 0) is 4.79 Å². The van der Waals surface area contributed by atoms with Crippen molar-refractivity contribution in [2.45, 2.75) is 124 Å². The van der Waals surface area contributed by atoms with Crippen LogP contribution in [0.2, 0.25) is 0 Å². The van der Waals surface area contributed by atoms with Crippen molar-refractivity contribution in [2.75, 3.05) is 0 Å². The minimum absolute atomic E-state index is 0.0690. The lowest BCUT2D eigenvalue weighted by atomic mass is 9.44. The number of carboxylic acid groups (broad SMARTS) is 1. The summed E-state index contributed by atoms with van der Waals surface area (Å²) in [6, 6.07) is 0. The lowest BCUT2D eigenvalue weighted by Gasteiger charge is -2.62. The molecule has 0 aromatic carbocycles. The Morgan fingerprint density at radius 3 is 2.03 bits per heavy atom. The SMILES string of the molecule is C/C(=C\CC/C(C)=C/CC[C@@H]1[C@@]2(C)CC[C@H](O)C(C)(C)[C@@H]2CC[C@@]1(C)O)CC/C=C(\C)C(=O)O. The fourth-order valence-corrected chi connectivity index (χ4v) is 7.01. The predicted molar refractivity (Wildman–Crippen MR) is 141 cm³/mol. The van der Waals surface area contributed by atoms with Gasteiger partial charge in [0, 0.05) is 5.57 Å². The Morgan fingerprint density at radius 2 is 1.44 bits per heavy atom. The second-order valence-corrected chi connectivity index (χ2v) is 12.3. The number of aliphatic hydroxyl groups excluding tert-OH is 1. The summed E-state index contributed by atoms with van der Waals surface area (Å²) in [7, 11) is 0. The number of hydrogen-bond donors (Lipinski definition) is 3. The molecular weight excluding hydrogens is 424 g/mol. The number of fused-ring (bicyclic) bond motifs is 1. The highest BCUT2D eigenvalue weighted by Gasteiger charge is 2.59. The first-order valence-electron chi connectivity index (χ1n) is 13.3. The lowest BCUT2D eigenvalue weighted by Crippen LogP contribution is -2.60. The maximum absolute atomic E-state index is 11.4. The highest BCUT2D eigenvalue weighted by Crippen LogP contribution is 2.62. The molecule has 4 heteroatoms. The van der Waals surface area contributed by atoms with Crippen molar-refractivity contribution in [3.63, 3.8) is 0 Å². The van der Waals surface area contributed by atoms with Crippen molar-refractivity contribution < 1.29 is 20.1 Å². The minimum atomic E-state index is -0.841. The molecule has 0 unspecified atom stereocenters. The third kappa shape index (κ3) is 6.85. The van der Waals surface area contributed by atoms with E-state index < -0.39 is 11.6 Å². The summed E-state index contributed by atoms with van der Waals surface area (Å²) in [6.07, 6.45) is 15.5. The van der Waals surface area contributed by atoms with E-state index in [9.17, 15) is 15.0 Å². The van der Waals surface area contributed by atoms with E-state index in [2.05, 4.69) is 46.8 Å². The van der Waals surface area contributed by atoms with E-state index in [1.807, 2.05) is 6.92 Å². The number of rotatable bonds is 10. The van der Waals surface area contributed by atoms with E-state index >= 15 is 0 Å². The van der Waals surface area contributed by atoms with Crippen molar-refractivity contribution in [1.29, 1.82) is 0 Å². The van der Waals surface area contributed by atoms with Gasteiger partial charge in [-0.3, -0.25) is 0 Å². The van der Waals surface area contributed by atoms with Crippen LogP contribution >= 0.6 is 0 Å². The largest absolute Gasteiger partial charge is 0.478 e. The average Bonchev–Trinajstić information content (AvgIpc) is 2.72. The van der Waals surface area contributed by atoms with Crippen molar-refractivity contribution >= 4 is 5.97 Å². The standard InChI is InChI=1S/C30H50O4/c1-21(13-9-15-23(3)27(32)33)11-8-12-22(2)14-10-16-25-29(6)19-18-26(31)28(4,5)24(29)17-20-30(25,7)34/h11,14-15,24-26,31,34H,8-10,12-13,16-20H2,1-7H3,(H,32,33)/b21-11+,22-14+,23-15+/t24-,25+,26-,29-,30+/m0/s1. The molecular formula is C30H50O4. The normalized spacial score (nSPS) is 34.6. The Morgan fingerprint density at radius 1 is 0.882 bits per heavy atom. The van der Waals surface area contributed by atoms with Gasteiger partial charge in [0.2, 0.25) is 0 Å². The van der Waals surface area contributed by atoms with Gasteiger partial charge < -0.3 is 15.3 Å². The summed E-state index contributed by atoms with van der Waals surface area (Å²) in [5, 5.41) is 30.9. The molecule has 2 aliphatic rings. The van der Waals surface area contributed by atoms with Crippen LogP contribution in [0.15, 0.2) is 34.9 Å². The Kier molecular flexibility index (Phi) is 9.81. The number of allylic oxidation sites excluding steroid dienone is 5. The zero-order chi connectivity index (χ0) is 25.7. The molecule has 0 aromatic rings. The molecule has 4 nitrogen and oxygen atoms in total. The monoisotopic (exact) mass is 474 g/mol. The van der Waals surface area contributed by atoms with Gasteiger partial charge in [0.1, 0.15) is 0 Å². The van der Waals surface area contributed by atoms with Crippen LogP contribution in [0.3, 0.4) is 0 Å². The Hall–Kier alpha value is -1.39. The molecule has 2 saturated carbocycles. The molecule has 0 heterocycles. The van der Waals surface area contributed by atoms with E-state index in [-0.39, 0.29) is 22.9 Å². The summed E-state index contributed by atoms with van der Waals surface area (Å²) in [5.41, 5.74) is 2.44. The molecule has 2 rings (SSSR count). The Bertz CT molecular complexity index is 801. The van der Waals surface area contributed by atoms with Gasteiger partial charge in [0.15, 0.2) is 0 Å². The van der Waals surface area contributed by atoms with E-state index in [0.717, 1.165) is 64.2 Å². The van der Waals surface area contributed by atoms with Gasteiger partial charge in [-0.2, -0.15) is 0 Å². The van der Waals surface area contributed by atoms with Gasteiger partial charge in [-0.15, -0.1) is 0 Å². The third-order valence-electron chi connectivity index (χ3n) is 9.30. The summed E-state index contributed by atoms with van der Waals surface area (Å²) >= 11 is 0. The van der Waals surface area contributed by atoms with Crippen LogP contribution in [0, 0.1) is 22.7 Å². The van der Waals surface area contributed by atoms with Crippen molar-refractivity contribution in [3.8, 4) is 0 Å². The van der Waals surface area contributed by atoms with E-state index in [4.69, 9.17) is 5.11 Å². The van der Waals surface area contributed by atoms with Gasteiger partial charge in [-0.1, -0.05) is 50.1 Å². The van der Waals surface area contributed by atoms with Crippen LogP contribution in [0.4, 0.5) is 0 Å². The third-order valence-corrected chi connectivity index (χ3v) is 9.30. The molecule has 2 fully saturated rings. The maximum Gasteiger partial charge on any atom is 0.330 e. The Balaban J connectivity index is 1.91. The summed E-state index contributed by atoms with van der Waals surface area (Å²) in [6.45, 7) is 14.8. The van der Waals surface area contributed by atoms with Gasteiger partial charge >= 0.3 is 5.97 Å². The Labute approximate surface area is 208 Å². The van der Waals surface area contributed by atoms with Crippen molar-refractivity contribution in [1.82, 2.24) is 0 Å². The van der Waals surface area contributed by atoms with Gasteiger partial charge in [-0.05, 0) is 115 Å². The predicted octanol–water partition coefficient (Wildman–Crippen LogP) is 7.21. The summed E-state index contributed by atoms with van der Waals surface area (Å²) in [4.78, 5) is 10.9. The van der Waals surface area contributed by atoms with Crippen LogP contribution < -0.4 is 0 Å². The molecule has 0 aromatic heterocycles. The smallest absolute Gasteiger partial charge is 0.330 e. The molecule has 3 N–H and O–H groups in total. The highest BCUT2D eigenvalue weighted by atomic mass is 16.4. The van der Waals surface area contributed by atoms with Crippen LogP contribution in [0.1, 0.15) is 113 Å². The highest BCUT2D eigenvalue weighted by molar-refractivity contribution is 5.85. The molecule has 5 atom stereocenters. The fourth-order valence-electron chi connectivity index (χ4n) is 7.01. The topological polar surface area (TPSA) is 77.8 Å². The van der Waals surface area contributed by atoms with E-state index in [0.29, 0.717) is 11.5 Å². The molecule has 0 amide bonds. The summed E-state index contributed by atoms with van der Waals surface area (Å²) in [5.74, 6) is -0.147. The van der Waals surface area contributed by atoms with Gasteiger partial charge in [0.05, 0.1) is 11.7 Å². The number of carboxylic acids is 1. The lowest BCUT2D eigenvalue weighted by molar-refractivity contribution is -0.195. The number of aliphatic carboxylic acids is 1. The molecule has 0 radical (unpaired) electrons. The zero-order valence-corrected chi connectivity index (χ0v) is 22.8. The molecule has 194 valence electrons. The van der Waals surface area contributed by atoms with Crippen molar-refractivity contribution in [2.24, 2.45) is 22.7 Å². The number of aliphatic hydroxyl groups is 2. The van der Waals surface area contributed by atoms with Crippen LogP contribution in [-0.4, -0.2) is 33.0 Å². The minimum Gasteiger partial charge on any atom is -0.478 e. The molecule has 2 aliphatic carbocycles. The van der Waals surface area contributed by atoms with Crippen molar-refractivity contribution in [3.05, 3.63) is 34.9 Å².